The number of carboxylic acid groups (broad SMARTS) is 1. The Morgan fingerprint density at radius 3 is 2.75 bits per heavy atom. The molecule has 1 aromatic carbocycles. The van der Waals surface area contributed by atoms with E-state index < -0.39 is 17.8 Å². The van der Waals surface area contributed by atoms with Crippen molar-refractivity contribution in [3.63, 3.8) is 0 Å². The van der Waals surface area contributed by atoms with E-state index in [2.05, 4.69) is 11.9 Å². The molecule has 20 heavy (non-hydrogen) atoms. The first-order valence-electron chi connectivity index (χ1n) is 6.19. The van der Waals surface area contributed by atoms with Crippen molar-refractivity contribution in [3.05, 3.63) is 42.2 Å². The Bertz CT molecular complexity index is 517. The number of hydrogen-bond acceptors (Lipinski definition) is 2. The molecule has 0 aromatic heterocycles. The van der Waals surface area contributed by atoms with Gasteiger partial charge in [0.25, 0.3) is 0 Å². The Labute approximate surface area is 116 Å². The molecule has 0 saturated heterocycles. The maximum Gasteiger partial charge on any atom is 0.335 e. The molecule has 0 heterocycles. The maximum absolute atomic E-state index is 13.6. The van der Waals surface area contributed by atoms with Gasteiger partial charge < -0.3 is 15.3 Å². The molecule has 0 bridgehead atoms. The van der Waals surface area contributed by atoms with Gasteiger partial charge in [-0.2, -0.15) is 0 Å². The predicted octanol–water partition coefficient (Wildman–Crippen LogP) is 2.95. The second-order valence-corrected chi connectivity index (χ2v) is 4.16. The predicted molar refractivity (Wildman–Crippen MR) is 74.4 cm³/mol. The van der Waals surface area contributed by atoms with Crippen LogP contribution < -0.4 is 5.32 Å². The third-order valence-corrected chi connectivity index (χ3v) is 2.59. The summed E-state index contributed by atoms with van der Waals surface area (Å²) in [5, 5.41) is 11.2. The Balaban J connectivity index is 2.90. The van der Waals surface area contributed by atoms with E-state index in [0.717, 1.165) is 24.6 Å². The molecule has 0 saturated carbocycles. The molecule has 2 N–H and O–H groups in total. The minimum atomic E-state index is -1.18. The summed E-state index contributed by atoms with van der Waals surface area (Å²) in [6.45, 7) is 6.30. The van der Waals surface area contributed by atoms with Crippen molar-refractivity contribution >= 4 is 17.7 Å². The van der Waals surface area contributed by atoms with Gasteiger partial charge in [0, 0.05) is 13.1 Å². The molecule has 1 aromatic rings. The standard InChI is InChI=1S/C14H17FN2O3/c1-3-7-17(8-4-2)14(20)16-12-9-10(13(18)19)5-6-11(12)15/h3,5-6,9H,1,4,7-8H2,2H3,(H,16,20)(H,18,19). The number of benzene rings is 1. The van der Waals surface area contributed by atoms with Crippen LogP contribution in [0, 0.1) is 5.82 Å². The number of rotatable bonds is 6. The average Bonchev–Trinajstić information content (AvgIpc) is 2.40. The summed E-state index contributed by atoms with van der Waals surface area (Å²) in [4.78, 5) is 24.3. The maximum atomic E-state index is 13.6. The van der Waals surface area contributed by atoms with Crippen molar-refractivity contribution in [2.75, 3.05) is 18.4 Å². The molecule has 0 aliphatic rings. The number of nitrogens with one attached hydrogen (secondary N) is 1. The van der Waals surface area contributed by atoms with E-state index in [1.165, 1.54) is 4.90 Å². The van der Waals surface area contributed by atoms with Crippen molar-refractivity contribution in [1.82, 2.24) is 4.90 Å². The van der Waals surface area contributed by atoms with Crippen LogP contribution in [0.2, 0.25) is 0 Å². The number of hydrogen-bond donors (Lipinski definition) is 2. The summed E-state index contributed by atoms with van der Waals surface area (Å²) in [5.41, 5.74) is -0.243. The topological polar surface area (TPSA) is 69.6 Å². The largest absolute Gasteiger partial charge is 0.478 e. The van der Waals surface area contributed by atoms with Gasteiger partial charge in [0.1, 0.15) is 5.82 Å². The molecule has 0 radical (unpaired) electrons. The molecule has 108 valence electrons. The number of amides is 2. The van der Waals surface area contributed by atoms with Crippen molar-refractivity contribution in [2.24, 2.45) is 0 Å². The van der Waals surface area contributed by atoms with E-state index in [9.17, 15) is 14.0 Å². The number of carboxylic acids is 1. The van der Waals surface area contributed by atoms with Gasteiger partial charge in [-0.25, -0.2) is 14.0 Å². The zero-order valence-corrected chi connectivity index (χ0v) is 11.2. The zero-order valence-electron chi connectivity index (χ0n) is 11.2. The Hall–Kier alpha value is -2.37. The fourth-order valence-corrected chi connectivity index (χ4v) is 1.65. The van der Waals surface area contributed by atoms with Gasteiger partial charge in [-0.15, -0.1) is 6.58 Å². The van der Waals surface area contributed by atoms with Crippen molar-refractivity contribution in [3.8, 4) is 0 Å². The molecule has 0 spiro atoms. The quantitative estimate of drug-likeness (QED) is 0.787. The van der Waals surface area contributed by atoms with E-state index >= 15 is 0 Å². The first-order chi connectivity index (χ1) is 9.49. The summed E-state index contributed by atoms with van der Waals surface area (Å²) in [6.07, 6.45) is 2.32. The van der Waals surface area contributed by atoms with Gasteiger partial charge in [0.2, 0.25) is 0 Å². The number of anilines is 1. The lowest BCUT2D eigenvalue weighted by atomic mass is 10.2. The van der Waals surface area contributed by atoms with Gasteiger partial charge >= 0.3 is 12.0 Å². The summed E-state index contributed by atoms with van der Waals surface area (Å²) >= 11 is 0. The van der Waals surface area contributed by atoms with Crippen molar-refractivity contribution in [1.29, 1.82) is 0 Å². The smallest absolute Gasteiger partial charge is 0.335 e. The monoisotopic (exact) mass is 280 g/mol. The first kappa shape index (κ1) is 15.7. The summed E-state index contributed by atoms with van der Waals surface area (Å²) < 4.78 is 13.6. The number of carbonyl (C=O) groups excluding carboxylic acids is 1. The number of halogens is 1. The SMILES string of the molecule is C=CCN(CCC)C(=O)Nc1cc(C(=O)O)ccc1F. The molecular formula is C14H17FN2O3. The van der Waals surface area contributed by atoms with E-state index in [-0.39, 0.29) is 11.3 Å². The number of urea groups is 1. The lowest BCUT2D eigenvalue weighted by Crippen LogP contribution is -2.35. The van der Waals surface area contributed by atoms with Crippen LogP contribution in [0.25, 0.3) is 0 Å². The molecule has 0 fully saturated rings. The minimum absolute atomic E-state index is 0.0903. The lowest BCUT2D eigenvalue weighted by Gasteiger charge is -2.21. The van der Waals surface area contributed by atoms with Crippen LogP contribution in [0.1, 0.15) is 23.7 Å². The normalized spacial score (nSPS) is 9.90. The highest BCUT2D eigenvalue weighted by Crippen LogP contribution is 2.17. The second-order valence-electron chi connectivity index (χ2n) is 4.16. The second kappa shape index (κ2) is 7.28. The zero-order chi connectivity index (χ0) is 15.1. The summed E-state index contributed by atoms with van der Waals surface area (Å²) in [7, 11) is 0. The molecule has 0 aliphatic heterocycles. The van der Waals surface area contributed by atoms with Gasteiger partial charge in [0.05, 0.1) is 11.3 Å². The molecule has 0 unspecified atom stereocenters. The van der Waals surface area contributed by atoms with Gasteiger partial charge in [-0.05, 0) is 24.6 Å². The van der Waals surface area contributed by atoms with Crippen molar-refractivity contribution in [2.45, 2.75) is 13.3 Å². The van der Waals surface area contributed by atoms with Gasteiger partial charge in [-0.1, -0.05) is 13.0 Å². The highest BCUT2D eigenvalue weighted by Gasteiger charge is 2.15. The summed E-state index contributed by atoms with van der Waals surface area (Å²) in [5.74, 6) is -1.87. The first-order valence-corrected chi connectivity index (χ1v) is 6.19. The van der Waals surface area contributed by atoms with E-state index in [4.69, 9.17) is 5.11 Å². The average molecular weight is 280 g/mol. The lowest BCUT2D eigenvalue weighted by molar-refractivity contribution is 0.0697. The fourth-order valence-electron chi connectivity index (χ4n) is 1.65. The third kappa shape index (κ3) is 4.08. The third-order valence-electron chi connectivity index (χ3n) is 2.59. The minimum Gasteiger partial charge on any atom is -0.478 e. The summed E-state index contributed by atoms with van der Waals surface area (Å²) in [6, 6.07) is 2.75. The van der Waals surface area contributed by atoms with Crippen LogP contribution in [0.4, 0.5) is 14.9 Å². The molecule has 1 rings (SSSR count). The molecule has 6 heteroatoms. The molecule has 5 nitrogen and oxygen atoms in total. The Kier molecular flexibility index (Phi) is 5.71. The van der Waals surface area contributed by atoms with Crippen LogP contribution in [0.15, 0.2) is 30.9 Å². The molecule has 0 aliphatic carbocycles. The fraction of sp³-hybridized carbons (Fsp3) is 0.286. The van der Waals surface area contributed by atoms with Crippen LogP contribution >= 0.6 is 0 Å². The van der Waals surface area contributed by atoms with Crippen LogP contribution in [-0.4, -0.2) is 35.1 Å². The Morgan fingerprint density at radius 2 is 2.20 bits per heavy atom. The highest BCUT2D eigenvalue weighted by molar-refractivity contribution is 5.93. The van der Waals surface area contributed by atoms with E-state index in [0.29, 0.717) is 13.1 Å². The van der Waals surface area contributed by atoms with Crippen LogP contribution in [0.5, 0.6) is 0 Å². The number of aromatic carboxylic acids is 1. The molecule has 0 atom stereocenters. The van der Waals surface area contributed by atoms with Crippen LogP contribution in [-0.2, 0) is 0 Å². The molecular weight excluding hydrogens is 263 g/mol. The number of nitrogens with zero attached hydrogens (tertiary/aromatic N) is 1. The van der Waals surface area contributed by atoms with E-state index in [1.807, 2.05) is 6.92 Å². The highest BCUT2D eigenvalue weighted by atomic mass is 19.1. The van der Waals surface area contributed by atoms with Gasteiger partial charge in [0.15, 0.2) is 0 Å². The van der Waals surface area contributed by atoms with Crippen LogP contribution in [0.3, 0.4) is 0 Å². The van der Waals surface area contributed by atoms with Gasteiger partial charge in [-0.3, -0.25) is 0 Å². The van der Waals surface area contributed by atoms with Crippen molar-refractivity contribution < 1.29 is 19.1 Å². The molecule has 2 amide bonds. The Morgan fingerprint density at radius 1 is 1.50 bits per heavy atom. The number of carbonyl (C=O) groups is 2. The van der Waals surface area contributed by atoms with E-state index in [1.54, 1.807) is 6.08 Å².